The molecular formula is C13H11N3O3. The number of carboxylic acids is 1. The fourth-order valence-electron chi connectivity index (χ4n) is 2.06. The van der Waals surface area contributed by atoms with Crippen LogP contribution in [0.3, 0.4) is 0 Å². The maximum atomic E-state index is 10.9. The van der Waals surface area contributed by atoms with Gasteiger partial charge in [-0.2, -0.15) is 5.10 Å². The molecule has 0 fully saturated rings. The van der Waals surface area contributed by atoms with Gasteiger partial charge in [0.15, 0.2) is 11.3 Å². The Kier molecular flexibility index (Phi) is 2.38. The maximum absolute atomic E-state index is 10.9. The zero-order chi connectivity index (χ0) is 13.6. The number of aromatic carboxylic acids is 1. The highest BCUT2D eigenvalue weighted by Gasteiger charge is 2.14. The summed E-state index contributed by atoms with van der Waals surface area (Å²) in [5.74, 6) is -1.04. The molecule has 3 aromatic rings. The SMILES string of the molecule is Cc1noc2ccc(-c3cc(C(=O)O)nn3C)cc12. The lowest BCUT2D eigenvalue weighted by molar-refractivity contribution is 0.0689. The normalized spacial score (nSPS) is 11.1. The summed E-state index contributed by atoms with van der Waals surface area (Å²) in [4.78, 5) is 10.9. The van der Waals surface area contributed by atoms with Crippen LogP contribution in [0.1, 0.15) is 16.2 Å². The van der Waals surface area contributed by atoms with Gasteiger partial charge in [-0.15, -0.1) is 0 Å². The maximum Gasteiger partial charge on any atom is 0.356 e. The minimum absolute atomic E-state index is 0.0274. The summed E-state index contributed by atoms with van der Waals surface area (Å²) in [7, 11) is 1.71. The molecule has 3 rings (SSSR count). The number of carbonyl (C=O) groups is 1. The Balaban J connectivity index is 2.18. The van der Waals surface area contributed by atoms with Crippen molar-refractivity contribution in [3.63, 3.8) is 0 Å². The van der Waals surface area contributed by atoms with Gasteiger partial charge in [-0.1, -0.05) is 5.16 Å². The average molecular weight is 257 g/mol. The molecule has 2 heterocycles. The molecule has 1 aromatic carbocycles. The van der Waals surface area contributed by atoms with E-state index < -0.39 is 5.97 Å². The second-order valence-corrected chi connectivity index (χ2v) is 4.32. The predicted molar refractivity (Wildman–Crippen MR) is 67.9 cm³/mol. The Morgan fingerprint density at radius 1 is 1.37 bits per heavy atom. The van der Waals surface area contributed by atoms with Gasteiger partial charge in [0.25, 0.3) is 0 Å². The van der Waals surface area contributed by atoms with Gasteiger partial charge in [-0.25, -0.2) is 4.79 Å². The third-order valence-corrected chi connectivity index (χ3v) is 3.04. The highest BCUT2D eigenvalue weighted by Crippen LogP contribution is 2.26. The van der Waals surface area contributed by atoms with E-state index in [-0.39, 0.29) is 5.69 Å². The third-order valence-electron chi connectivity index (χ3n) is 3.04. The Morgan fingerprint density at radius 2 is 2.16 bits per heavy atom. The molecule has 0 saturated carbocycles. The molecule has 0 amide bonds. The molecule has 0 bridgehead atoms. The number of aromatic nitrogens is 3. The molecular weight excluding hydrogens is 246 g/mol. The van der Waals surface area contributed by atoms with Gasteiger partial charge in [-0.05, 0) is 31.2 Å². The summed E-state index contributed by atoms with van der Waals surface area (Å²) in [5, 5.41) is 17.7. The van der Waals surface area contributed by atoms with Crippen molar-refractivity contribution in [2.75, 3.05) is 0 Å². The van der Waals surface area contributed by atoms with E-state index in [9.17, 15) is 4.79 Å². The van der Waals surface area contributed by atoms with Crippen molar-refractivity contribution in [3.8, 4) is 11.3 Å². The van der Waals surface area contributed by atoms with E-state index in [2.05, 4.69) is 10.3 Å². The van der Waals surface area contributed by atoms with Crippen LogP contribution in [0.2, 0.25) is 0 Å². The van der Waals surface area contributed by atoms with Gasteiger partial charge in [0.2, 0.25) is 0 Å². The average Bonchev–Trinajstić information content (AvgIpc) is 2.93. The zero-order valence-corrected chi connectivity index (χ0v) is 10.4. The molecule has 0 radical (unpaired) electrons. The van der Waals surface area contributed by atoms with Gasteiger partial charge in [0.1, 0.15) is 0 Å². The molecule has 0 spiro atoms. The van der Waals surface area contributed by atoms with Crippen LogP contribution in [-0.2, 0) is 7.05 Å². The van der Waals surface area contributed by atoms with Crippen LogP contribution in [0.15, 0.2) is 28.8 Å². The number of hydrogen-bond acceptors (Lipinski definition) is 4. The molecule has 6 nitrogen and oxygen atoms in total. The van der Waals surface area contributed by atoms with Crippen molar-refractivity contribution < 1.29 is 14.4 Å². The topological polar surface area (TPSA) is 81.2 Å². The number of aryl methyl sites for hydroxylation is 2. The molecule has 1 N–H and O–H groups in total. The smallest absolute Gasteiger partial charge is 0.356 e. The van der Waals surface area contributed by atoms with E-state index in [1.807, 2.05) is 25.1 Å². The predicted octanol–water partition coefficient (Wildman–Crippen LogP) is 2.23. The Hall–Kier alpha value is -2.63. The Morgan fingerprint density at radius 3 is 2.84 bits per heavy atom. The first-order valence-electron chi connectivity index (χ1n) is 5.70. The molecule has 0 atom stereocenters. The van der Waals surface area contributed by atoms with Crippen LogP contribution in [0.4, 0.5) is 0 Å². The minimum Gasteiger partial charge on any atom is -0.476 e. The van der Waals surface area contributed by atoms with Crippen LogP contribution < -0.4 is 0 Å². The van der Waals surface area contributed by atoms with Gasteiger partial charge >= 0.3 is 5.97 Å². The second-order valence-electron chi connectivity index (χ2n) is 4.32. The van der Waals surface area contributed by atoms with E-state index in [4.69, 9.17) is 9.63 Å². The molecule has 0 unspecified atom stereocenters. The first kappa shape index (κ1) is 11.5. The second kappa shape index (κ2) is 3.94. The van der Waals surface area contributed by atoms with Crippen molar-refractivity contribution in [1.82, 2.24) is 14.9 Å². The van der Waals surface area contributed by atoms with Crippen LogP contribution in [-0.4, -0.2) is 26.0 Å². The highest BCUT2D eigenvalue weighted by atomic mass is 16.5. The van der Waals surface area contributed by atoms with Crippen molar-refractivity contribution in [2.45, 2.75) is 6.92 Å². The molecule has 6 heteroatoms. The van der Waals surface area contributed by atoms with Crippen molar-refractivity contribution in [1.29, 1.82) is 0 Å². The minimum atomic E-state index is -1.04. The lowest BCUT2D eigenvalue weighted by atomic mass is 10.1. The monoisotopic (exact) mass is 257 g/mol. The third kappa shape index (κ3) is 1.77. The quantitative estimate of drug-likeness (QED) is 0.761. The lowest BCUT2D eigenvalue weighted by Gasteiger charge is -2.01. The standard InChI is InChI=1S/C13H11N3O3/c1-7-9-5-8(3-4-12(9)19-15-7)11-6-10(13(17)18)14-16(11)2/h3-6H,1-2H3,(H,17,18). The van der Waals surface area contributed by atoms with Crippen molar-refractivity contribution in [3.05, 3.63) is 35.7 Å². The molecule has 0 aliphatic heterocycles. The van der Waals surface area contributed by atoms with Gasteiger partial charge in [0.05, 0.1) is 11.4 Å². The molecule has 0 saturated heterocycles. The highest BCUT2D eigenvalue weighted by molar-refractivity contribution is 5.88. The van der Waals surface area contributed by atoms with E-state index in [0.717, 1.165) is 22.3 Å². The molecule has 2 aromatic heterocycles. The molecule has 96 valence electrons. The van der Waals surface area contributed by atoms with E-state index in [0.29, 0.717) is 5.58 Å². The van der Waals surface area contributed by atoms with Crippen molar-refractivity contribution >= 4 is 16.9 Å². The fraction of sp³-hybridized carbons (Fsp3) is 0.154. The summed E-state index contributed by atoms with van der Waals surface area (Å²) in [6.07, 6.45) is 0. The summed E-state index contributed by atoms with van der Waals surface area (Å²) < 4.78 is 6.70. The largest absolute Gasteiger partial charge is 0.476 e. The lowest BCUT2D eigenvalue weighted by Crippen LogP contribution is -1.99. The first-order valence-corrected chi connectivity index (χ1v) is 5.70. The summed E-state index contributed by atoms with van der Waals surface area (Å²) >= 11 is 0. The Labute approximate surface area is 108 Å². The van der Waals surface area contributed by atoms with E-state index in [1.165, 1.54) is 0 Å². The number of hydrogen-bond donors (Lipinski definition) is 1. The fourth-order valence-corrected chi connectivity index (χ4v) is 2.06. The number of benzene rings is 1. The van der Waals surface area contributed by atoms with Crippen molar-refractivity contribution in [2.24, 2.45) is 7.05 Å². The van der Waals surface area contributed by atoms with Crippen LogP contribution in [0, 0.1) is 6.92 Å². The van der Waals surface area contributed by atoms with Crippen LogP contribution in [0.5, 0.6) is 0 Å². The first-order chi connectivity index (χ1) is 9.06. The molecule has 0 aliphatic rings. The van der Waals surface area contributed by atoms with Crippen LogP contribution in [0.25, 0.3) is 22.2 Å². The van der Waals surface area contributed by atoms with E-state index in [1.54, 1.807) is 17.8 Å². The van der Waals surface area contributed by atoms with Gasteiger partial charge in [0, 0.05) is 18.0 Å². The number of fused-ring (bicyclic) bond motifs is 1. The molecule has 19 heavy (non-hydrogen) atoms. The number of rotatable bonds is 2. The zero-order valence-electron chi connectivity index (χ0n) is 10.4. The van der Waals surface area contributed by atoms with Gasteiger partial charge < -0.3 is 9.63 Å². The summed E-state index contributed by atoms with van der Waals surface area (Å²) in [6.45, 7) is 1.86. The molecule has 0 aliphatic carbocycles. The van der Waals surface area contributed by atoms with E-state index >= 15 is 0 Å². The van der Waals surface area contributed by atoms with Crippen LogP contribution >= 0.6 is 0 Å². The summed E-state index contributed by atoms with van der Waals surface area (Å²) in [5.41, 5.74) is 3.15. The Bertz CT molecular complexity index is 786. The number of nitrogens with zero attached hydrogens (tertiary/aromatic N) is 3. The summed E-state index contributed by atoms with van der Waals surface area (Å²) in [6, 6.07) is 7.14. The van der Waals surface area contributed by atoms with Gasteiger partial charge in [-0.3, -0.25) is 4.68 Å². The number of carboxylic acid groups (broad SMARTS) is 1.